The minimum Gasteiger partial charge on any atom is -0.481 e. The molecule has 0 radical (unpaired) electrons. The molecule has 0 saturated carbocycles. The Kier molecular flexibility index (Phi) is 5.34. The summed E-state index contributed by atoms with van der Waals surface area (Å²) in [6.07, 6.45) is 0.522. The molecule has 2 aromatic rings. The molecule has 0 aliphatic heterocycles. The Balaban J connectivity index is 2.05. The number of carboxylic acids is 1. The molecule has 126 valence electrons. The van der Waals surface area contributed by atoms with E-state index in [1.54, 1.807) is 50.2 Å². The fourth-order valence-corrected chi connectivity index (χ4v) is 2.29. The van der Waals surface area contributed by atoms with Gasteiger partial charge in [-0.15, -0.1) is 0 Å². The fourth-order valence-electron chi connectivity index (χ4n) is 2.29. The molecular weight excluding hydrogens is 309 g/mol. The van der Waals surface area contributed by atoms with Gasteiger partial charge in [0.05, 0.1) is 5.41 Å². The molecule has 4 nitrogen and oxygen atoms in total. The van der Waals surface area contributed by atoms with Crippen molar-refractivity contribution in [1.29, 1.82) is 0 Å². The molecule has 0 atom stereocenters. The number of amides is 1. The van der Waals surface area contributed by atoms with E-state index in [9.17, 15) is 14.0 Å². The Hall–Kier alpha value is -2.69. The Morgan fingerprint density at radius 3 is 2.17 bits per heavy atom. The minimum atomic E-state index is -0.839. The van der Waals surface area contributed by atoms with Gasteiger partial charge in [-0.1, -0.05) is 24.3 Å². The van der Waals surface area contributed by atoms with Gasteiger partial charge in [-0.2, -0.15) is 0 Å². The Morgan fingerprint density at radius 1 is 1.04 bits per heavy atom. The van der Waals surface area contributed by atoms with Crippen LogP contribution in [-0.4, -0.2) is 17.0 Å². The van der Waals surface area contributed by atoms with Gasteiger partial charge in [-0.25, -0.2) is 4.39 Å². The van der Waals surface area contributed by atoms with Crippen LogP contribution in [0.25, 0.3) is 0 Å². The van der Waals surface area contributed by atoms with Crippen LogP contribution in [0.2, 0.25) is 0 Å². The smallest absolute Gasteiger partial charge is 0.303 e. The predicted octanol–water partition coefficient (Wildman–Crippen LogP) is 3.76. The van der Waals surface area contributed by atoms with Crippen molar-refractivity contribution in [2.75, 3.05) is 5.32 Å². The van der Waals surface area contributed by atoms with Crippen molar-refractivity contribution in [3.8, 4) is 0 Å². The fraction of sp³-hybridized carbons (Fsp3) is 0.263. The molecule has 0 spiro atoms. The molecule has 0 bridgehead atoms. The maximum atomic E-state index is 13.0. The number of benzene rings is 2. The van der Waals surface area contributed by atoms with Crippen molar-refractivity contribution in [3.05, 3.63) is 65.5 Å². The molecule has 0 aromatic heterocycles. The highest BCUT2D eigenvalue weighted by Crippen LogP contribution is 2.25. The second kappa shape index (κ2) is 7.25. The van der Waals surface area contributed by atoms with Crippen LogP contribution in [0.5, 0.6) is 0 Å². The van der Waals surface area contributed by atoms with Crippen molar-refractivity contribution in [3.63, 3.8) is 0 Å². The third-order valence-electron chi connectivity index (χ3n) is 3.97. The lowest BCUT2D eigenvalue weighted by molar-refractivity contribution is -0.137. The summed E-state index contributed by atoms with van der Waals surface area (Å²) >= 11 is 0. The lowest BCUT2D eigenvalue weighted by Crippen LogP contribution is -2.34. The normalized spacial score (nSPS) is 11.1. The monoisotopic (exact) mass is 329 g/mol. The highest BCUT2D eigenvalue weighted by Gasteiger charge is 2.29. The number of aryl methyl sites for hydroxylation is 1. The summed E-state index contributed by atoms with van der Waals surface area (Å²) in [6.45, 7) is 3.55. The van der Waals surface area contributed by atoms with Gasteiger partial charge in [-0.05, 0) is 55.7 Å². The second-order valence-corrected chi connectivity index (χ2v) is 6.18. The summed E-state index contributed by atoms with van der Waals surface area (Å²) in [4.78, 5) is 23.1. The van der Waals surface area contributed by atoms with Crippen LogP contribution in [0.4, 0.5) is 10.1 Å². The minimum absolute atomic E-state index is 0.0727. The topological polar surface area (TPSA) is 66.4 Å². The summed E-state index contributed by atoms with van der Waals surface area (Å²) in [5.41, 5.74) is 1.44. The van der Waals surface area contributed by atoms with E-state index in [-0.39, 0.29) is 18.1 Å². The van der Waals surface area contributed by atoms with E-state index in [1.807, 2.05) is 0 Å². The van der Waals surface area contributed by atoms with Crippen LogP contribution < -0.4 is 5.32 Å². The number of rotatable bonds is 6. The molecule has 2 aromatic carbocycles. The van der Waals surface area contributed by atoms with Crippen LogP contribution in [-0.2, 0) is 21.4 Å². The first-order chi connectivity index (χ1) is 11.3. The third kappa shape index (κ3) is 4.41. The molecule has 0 unspecified atom stereocenters. The molecule has 0 saturated heterocycles. The van der Waals surface area contributed by atoms with Gasteiger partial charge in [-0.3, -0.25) is 9.59 Å². The number of hydrogen-bond acceptors (Lipinski definition) is 2. The van der Waals surface area contributed by atoms with Crippen LogP contribution in [0.3, 0.4) is 0 Å². The van der Waals surface area contributed by atoms with Crippen LogP contribution in [0.1, 0.15) is 31.4 Å². The Bertz CT molecular complexity index is 721. The largest absolute Gasteiger partial charge is 0.481 e. The van der Waals surface area contributed by atoms with Gasteiger partial charge in [0.1, 0.15) is 5.82 Å². The Morgan fingerprint density at radius 2 is 1.62 bits per heavy atom. The van der Waals surface area contributed by atoms with Crippen molar-refractivity contribution in [2.24, 2.45) is 0 Å². The van der Waals surface area contributed by atoms with E-state index in [0.717, 1.165) is 11.1 Å². The highest BCUT2D eigenvalue weighted by molar-refractivity contribution is 5.98. The lowest BCUT2D eigenvalue weighted by atomic mass is 9.83. The first kappa shape index (κ1) is 17.7. The quantitative estimate of drug-likeness (QED) is 0.848. The van der Waals surface area contributed by atoms with Gasteiger partial charge in [0.15, 0.2) is 0 Å². The average molecular weight is 329 g/mol. The van der Waals surface area contributed by atoms with Crippen LogP contribution in [0.15, 0.2) is 48.5 Å². The second-order valence-electron chi connectivity index (χ2n) is 6.18. The summed E-state index contributed by atoms with van der Waals surface area (Å²) in [6, 6.07) is 13.0. The van der Waals surface area contributed by atoms with Crippen LogP contribution in [0, 0.1) is 5.82 Å². The average Bonchev–Trinajstić information content (AvgIpc) is 2.54. The zero-order valence-corrected chi connectivity index (χ0v) is 13.7. The van der Waals surface area contributed by atoms with Gasteiger partial charge in [0, 0.05) is 12.1 Å². The maximum Gasteiger partial charge on any atom is 0.303 e. The van der Waals surface area contributed by atoms with Crippen molar-refractivity contribution in [2.45, 2.75) is 32.1 Å². The molecule has 0 aliphatic rings. The van der Waals surface area contributed by atoms with Gasteiger partial charge >= 0.3 is 5.97 Å². The van der Waals surface area contributed by atoms with E-state index in [4.69, 9.17) is 5.11 Å². The van der Waals surface area contributed by atoms with Crippen LogP contribution >= 0.6 is 0 Å². The number of hydrogen-bond donors (Lipinski definition) is 2. The number of carbonyl (C=O) groups excluding carboxylic acids is 1. The number of nitrogens with one attached hydrogen (secondary N) is 1. The van der Waals surface area contributed by atoms with Gasteiger partial charge < -0.3 is 10.4 Å². The molecule has 0 fully saturated rings. The molecule has 2 rings (SSSR count). The lowest BCUT2D eigenvalue weighted by Gasteiger charge is -2.24. The Labute approximate surface area is 140 Å². The van der Waals surface area contributed by atoms with E-state index >= 15 is 0 Å². The van der Waals surface area contributed by atoms with E-state index in [0.29, 0.717) is 12.1 Å². The number of carbonyl (C=O) groups is 2. The molecule has 0 aliphatic carbocycles. The van der Waals surface area contributed by atoms with Crippen molar-refractivity contribution >= 4 is 17.6 Å². The maximum absolute atomic E-state index is 13.0. The number of aliphatic carboxylic acids is 1. The molecule has 2 N–H and O–H groups in total. The molecular formula is C19H20FNO3. The zero-order chi connectivity index (χ0) is 17.7. The van der Waals surface area contributed by atoms with Gasteiger partial charge in [0.2, 0.25) is 5.91 Å². The molecule has 1 amide bonds. The summed E-state index contributed by atoms with van der Waals surface area (Å²) < 4.78 is 13.0. The predicted molar refractivity (Wildman–Crippen MR) is 90.5 cm³/mol. The van der Waals surface area contributed by atoms with E-state index < -0.39 is 11.4 Å². The number of carboxylic acid groups (broad SMARTS) is 1. The van der Waals surface area contributed by atoms with Gasteiger partial charge in [0.25, 0.3) is 0 Å². The number of halogens is 1. The van der Waals surface area contributed by atoms with Crippen molar-refractivity contribution in [1.82, 2.24) is 0 Å². The first-order valence-electron chi connectivity index (χ1n) is 7.67. The SMILES string of the molecule is CC(C)(C(=O)Nc1ccc(CCC(=O)O)cc1)c1ccc(F)cc1. The molecule has 0 heterocycles. The zero-order valence-electron chi connectivity index (χ0n) is 13.7. The molecule has 5 heteroatoms. The van der Waals surface area contributed by atoms with E-state index in [1.165, 1.54) is 12.1 Å². The standard InChI is InChI=1S/C19H20FNO3/c1-19(2,14-6-8-15(20)9-7-14)18(24)21-16-10-3-13(4-11-16)5-12-17(22)23/h3-4,6-11H,5,12H2,1-2H3,(H,21,24)(H,22,23). The summed E-state index contributed by atoms with van der Waals surface area (Å²) in [5.74, 6) is -1.38. The summed E-state index contributed by atoms with van der Waals surface area (Å²) in [5, 5.41) is 11.5. The van der Waals surface area contributed by atoms with E-state index in [2.05, 4.69) is 5.32 Å². The third-order valence-corrected chi connectivity index (χ3v) is 3.97. The number of anilines is 1. The highest BCUT2D eigenvalue weighted by atomic mass is 19.1. The molecule has 24 heavy (non-hydrogen) atoms. The first-order valence-corrected chi connectivity index (χ1v) is 7.67. The summed E-state index contributed by atoms with van der Waals surface area (Å²) in [7, 11) is 0. The van der Waals surface area contributed by atoms with Crippen molar-refractivity contribution < 1.29 is 19.1 Å².